The van der Waals surface area contributed by atoms with Crippen molar-refractivity contribution < 1.29 is 4.74 Å². The molecule has 0 saturated carbocycles. The lowest BCUT2D eigenvalue weighted by Crippen LogP contribution is -1.98. The van der Waals surface area contributed by atoms with Gasteiger partial charge in [0.25, 0.3) is 0 Å². The minimum atomic E-state index is 0.166. The largest absolute Gasteiger partial charge is 0.437 e. The standard InChI is InChI=1S/C14H14BrClN2O/c1-3-9(2)10-6-4-5-7-12(10)19-13-11(15)8-17-14(16)18-13/h4-9H,3H2,1-2H3. The van der Waals surface area contributed by atoms with Crippen molar-refractivity contribution in [2.45, 2.75) is 26.2 Å². The Hall–Kier alpha value is -1.13. The normalized spacial score (nSPS) is 12.2. The lowest BCUT2D eigenvalue weighted by atomic mass is 9.98. The zero-order valence-corrected chi connectivity index (χ0v) is 13.1. The predicted molar refractivity (Wildman–Crippen MR) is 80.0 cm³/mol. The number of hydrogen-bond donors (Lipinski definition) is 0. The van der Waals surface area contributed by atoms with E-state index < -0.39 is 0 Å². The molecule has 1 unspecified atom stereocenters. The highest BCUT2D eigenvalue weighted by Gasteiger charge is 2.13. The predicted octanol–water partition coefficient (Wildman–Crippen LogP) is 5.20. The van der Waals surface area contributed by atoms with E-state index in [9.17, 15) is 0 Å². The summed E-state index contributed by atoms with van der Waals surface area (Å²) in [6.07, 6.45) is 2.63. The van der Waals surface area contributed by atoms with Gasteiger partial charge in [-0.1, -0.05) is 32.0 Å². The van der Waals surface area contributed by atoms with Gasteiger partial charge in [-0.05, 0) is 51.5 Å². The second kappa shape index (κ2) is 6.35. The molecule has 1 atom stereocenters. The maximum absolute atomic E-state index is 5.86. The Morgan fingerprint density at radius 1 is 1.37 bits per heavy atom. The SMILES string of the molecule is CCC(C)c1ccccc1Oc1nc(Cl)ncc1Br. The third kappa shape index (κ3) is 3.45. The lowest BCUT2D eigenvalue weighted by molar-refractivity contribution is 0.447. The van der Waals surface area contributed by atoms with E-state index in [0.717, 1.165) is 17.7 Å². The van der Waals surface area contributed by atoms with Crippen LogP contribution in [-0.4, -0.2) is 9.97 Å². The zero-order valence-electron chi connectivity index (χ0n) is 10.7. The van der Waals surface area contributed by atoms with Crippen molar-refractivity contribution in [3.63, 3.8) is 0 Å². The fraction of sp³-hybridized carbons (Fsp3) is 0.286. The molecule has 3 nitrogen and oxygen atoms in total. The van der Waals surface area contributed by atoms with Gasteiger partial charge in [-0.25, -0.2) is 4.98 Å². The van der Waals surface area contributed by atoms with Gasteiger partial charge in [-0.15, -0.1) is 0 Å². The van der Waals surface area contributed by atoms with Crippen LogP contribution in [0.1, 0.15) is 31.7 Å². The number of para-hydroxylation sites is 1. The first-order valence-corrected chi connectivity index (χ1v) is 7.23. The molecule has 0 saturated heterocycles. The minimum absolute atomic E-state index is 0.166. The van der Waals surface area contributed by atoms with E-state index in [-0.39, 0.29) is 5.28 Å². The van der Waals surface area contributed by atoms with Crippen LogP contribution >= 0.6 is 27.5 Å². The van der Waals surface area contributed by atoms with Crippen molar-refractivity contribution in [1.82, 2.24) is 9.97 Å². The molecule has 0 radical (unpaired) electrons. The highest BCUT2D eigenvalue weighted by molar-refractivity contribution is 9.10. The first-order valence-electron chi connectivity index (χ1n) is 6.06. The second-order valence-corrected chi connectivity index (χ2v) is 5.43. The Balaban J connectivity index is 2.35. The van der Waals surface area contributed by atoms with Crippen molar-refractivity contribution >= 4 is 27.5 Å². The summed E-state index contributed by atoms with van der Waals surface area (Å²) in [5.74, 6) is 1.65. The van der Waals surface area contributed by atoms with Crippen LogP contribution in [0, 0.1) is 0 Å². The molecule has 1 heterocycles. The van der Waals surface area contributed by atoms with Gasteiger partial charge in [-0.2, -0.15) is 4.98 Å². The molecule has 0 aliphatic heterocycles. The van der Waals surface area contributed by atoms with E-state index in [4.69, 9.17) is 16.3 Å². The van der Waals surface area contributed by atoms with Gasteiger partial charge < -0.3 is 4.74 Å². The van der Waals surface area contributed by atoms with Gasteiger partial charge in [0.05, 0.1) is 4.47 Å². The van der Waals surface area contributed by atoms with E-state index in [1.54, 1.807) is 6.20 Å². The maximum atomic E-state index is 5.86. The molecule has 19 heavy (non-hydrogen) atoms. The van der Waals surface area contributed by atoms with Crippen LogP contribution in [-0.2, 0) is 0 Å². The third-order valence-corrected chi connectivity index (χ3v) is 3.68. The Bertz CT molecular complexity index is 577. The molecule has 0 aliphatic rings. The van der Waals surface area contributed by atoms with Crippen molar-refractivity contribution in [2.24, 2.45) is 0 Å². The summed E-state index contributed by atoms with van der Waals surface area (Å²) in [6.45, 7) is 4.32. The van der Waals surface area contributed by atoms with Gasteiger partial charge in [0.15, 0.2) is 0 Å². The summed E-state index contributed by atoms with van der Waals surface area (Å²) in [5.41, 5.74) is 1.16. The molecule has 2 rings (SSSR count). The molecule has 1 aromatic heterocycles. The number of hydrogen-bond acceptors (Lipinski definition) is 3. The van der Waals surface area contributed by atoms with Crippen LogP contribution in [0.4, 0.5) is 0 Å². The molecule has 0 spiro atoms. The molecule has 0 amide bonds. The Morgan fingerprint density at radius 3 is 2.84 bits per heavy atom. The van der Waals surface area contributed by atoms with Gasteiger partial charge in [0.1, 0.15) is 5.75 Å². The fourth-order valence-corrected chi connectivity index (χ4v) is 2.10. The maximum Gasteiger partial charge on any atom is 0.237 e. The first kappa shape index (κ1) is 14.3. The molecule has 0 N–H and O–H groups in total. The number of aromatic nitrogens is 2. The average molecular weight is 342 g/mol. The molecule has 0 fully saturated rings. The van der Waals surface area contributed by atoms with Crippen LogP contribution < -0.4 is 4.74 Å². The fourth-order valence-electron chi connectivity index (χ4n) is 1.71. The van der Waals surface area contributed by atoms with Crippen molar-refractivity contribution in [3.8, 4) is 11.6 Å². The summed E-state index contributed by atoms with van der Waals surface area (Å²) < 4.78 is 6.54. The van der Waals surface area contributed by atoms with Crippen molar-refractivity contribution in [1.29, 1.82) is 0 Å². The van der Waals surface area contributed by atoms with Crippen LogP contribution in [0.2, 0.25) is 5.28 Å². The van der Waals surface area contributed by atoms with Crippen molar-refractivity contribution in [2.75, 3.05) is 0 Å². The highest BCUT2D eigenvalue weighted by atomic mass is 79.9. The van der Waals surface area contributed by atoms with E-state index in [2.05, 4.69) is 45.8 Å². The molecule has 5 heteroatoms. The van der Waals surface area contributed by atoms with E-state index >= 15 is 0 Å². The average Bonchev–Trinajstić information content (AvgIpc) is 2.42. The summed E-state index contributed by atoms with van der Waals surface area (Å²) in [4.78, 5) is 7.96. The Labute approximate surface area is 126 Å². The van der Waals surface area contributed by atoms with Crippen LogP contribution in [0.25, 0.3) is 0 Å². The summed E-state index contributed by atoms with van der Waals surface area (Å²) >= 11 is 9.15. The Morgan fingerprint density at radius 2 is 2.11 bits per heavy atom. The lowest BCUT2D eigenvalue weighted by Gasteiger charge is -2.15. The summed E-state index contributed by atoms with van der Waals surface area (Å²) in [6, 6.07) is 7.96. The smallest absolute Gasteiger partial charge is 0.237 e. The van der Waals surface area contributed by atoms with Gasteiger partial charge in [0, 0.05) is 6.20 Å². The van der Waals surface area contributed by atoms with E-state index in [1.807, 2.05) is 18.2 Å². The molecule has 0 bridgehead atoms. The van der Waals surface area contributed by atoms with Gasteiger partial charge in [-0.3, -0.25) is 0 Å². The van der Waals surface area contributed by atoms with Crippen molar-refractivity contribution in [3.05, 3.63) is 45.8 Å². The van der Waals surface area contributed by atoms with Gasteiger partial charge in [0.2, 0.25) is 11.2 Å². The zero-order chi connectivity index (χ0) is 13.8. The second-order valence-electron chi connectivity index (χ2n) is 4.24. The number of halogens is 2. The quantitative estimate of drug-likeness (QED) is 0.717. The minimum Gasteiger partial charge on any atom is -0.437 e. The van der Waals surface area contributed by atoms with E-state index in [0.29, 0.717) is 16.3 Å². The molecular formula is C14H14BrClN2O. The molecule has 1 aromatic carbocycles. The van der Waals surface area contributed by atoms with E-state index in [1.165, 1.54) is 0 Å². The molecule has 100 valence electrons. The molecular weight excluding hydrogens is 328 g/mol. The first-order chi connectivity index (χ1) is 9.11. The van der Waals surface area contributed by atoms with Crippen LogP contribution in [0.5, 0.6) is 11.6 Å². The third-order valence-electron chi connectivity index (χ3n) is 2.95. The summed E-state index contributed by atoms with van der Waals surface area (Å²) in [7, 11) is 0. The monoisotopic (exact) mass is 340 g/mol. The number of rotatable bonds is 4. The van der Waals surface area contributed by atoms with Crippen LogP contribution in [0.3, 0.4) is 0 Å². The summed E-state index contributed by atoms with van der Waals surface area (Å²) in [5, 5.41) is 0.166. The topological polar surface area (TPSA) is 35.0 Å². The number of ether oxygens (including phenoxy) is 1. The molecule has 2 aromatic rings. The van der Waals surface area contributed by atoms with Crippen LogP contribution in [0.15, 0.2) is 34.9 Å². The molecule has 0 aliphatic carbocycles. The Kier molecular flexibility index (Phi) is 4.77. The highest BCUT2D eigenvalue weighted by Crippen LogP contribution is 2.34. The number of nitrogens with zero attached hydrogens (tertiary/aromatic N) is 2. The van der Waals surface area contributed by atoms with Gasteiger partial charge >= 0.3 is 0 Å². The number of benzene rings is 1.